The SMILES string of the molecule is CCNC(=NCCCOCC1CCCO1)NCCc1ccncc1C.I. The molecule has 2 rings (SSSR count). The molecule has 2 heterocycles. The third kappa shape index (κ3) is 9.14. The van der Waals surface area contributed by atoms with Gasteiger partial charge in [0.2, 0.25) is 0 Å². The minimum Gasteiger partial charge on any atom is -0.379 e. The van der Waals surface area contributed by atoms with E-state index < -0.39 is 0 Å². The highest BCUT2D eigenvalue weighted by atomic mass is 127. The van der Waals surface area contributed by atoms with E-state index in [1.807, 2.05) is 12.4 Å². The van der Waals surface area contributed by atoms with Crippen LogP contribution in [0, 0.1) is 6.92 Å². The lowest BCUT2D eigenvalue weighted by molar-refractivity contribution is 0.0171. The van der Waals surface area contributed by atoms with E-state index in [4.69, 9.17) is 9.47 Å². The Kier molecular flexibility index (Phi) is 12.6. The lowest BCUT2D eigenvalue weighted by Crippen LogP contribution is -2.38. The van der Waals surface area contributed by atoms with E-state index in [1.165, 1.54) is 11.1 Å². The smallest absolute Gasteiger partial charge is 0.191 e. The summed E-state index contributed by atoms with van der Waals surface area (Å²) in [4.78, 5) is 8.74. The van der Waals surface area contributed by atoms with Crippen molar-refractivity contribution in [3.8, 4) is 0 Å². The Morgan fingerprint density at radius 3 is 3.04 bits per heavy atom. The second-order valence-corrected chi connectivity index (χ2v) is 6.30. The monoisotopic (exact) mass is 476 g/mol. The summed E-state index contributed by atoms with van der Waals surface area (Å²) in [6.45, 7) is 8.98. The maximum Gasteiger partial charge on any atom is 0.191 e. The number of hydrogen-bond acceptors (Lipinski definition) is 4. The Morgan fingerprint density at radius 1 is 1.42 bits per heavy atom. The van der Waals surface area contributed by atoms with E-state index >= 15 is 0 Å². The zero-order valence-electron chi connectivity index (χ0n) is 16.0. The van der Waals surface area contributed by atoms with Gasteiger partial charge >= 0.3 is 0 Å². The molecule has 0 aromatic carbocycles. The molecule has 0 spiro atoms. The Labute approximate surface area is 174 Å². The molecule has 6 nitrogen and oxygen atoms in total. The van der Waals surface area contributed by atoms with Crippen molar-refractivity contribution >= 4 is 29.9 Å². The van der Waals surface area contributed by atoms with Crippen molar-refractivity contribution in [1.82, 2.24) is 15.6 Å². The molecule has 0 aliphatic carbocycles. The van der Waals surface area contributed by atoms with Gasteiger partial charge in [-0.1, -0.05) is 0 Å². The molecule has 1 aliphatic rings. The summed E-state index contributed by atoms with van der Waals surface area (Å²) < 4.78 is 11.2. The standard InChI is InChI=1S/C19H32N4O2.HI/c1-3-21-19(23-11-8-17-7-10-20-14-16(17)2)22-9-5-12-24-15-18-6-4-13-25-18;/h7,10,14,18H,3-6,8-9,11-13,15H2,1-2H3,(H2,21,22,23);1H. The van der Waals surface area contributed by atoms with Crippen LogP contribution < -0.4 is 10.6 Å². The van der Waals surface area contributed by atoms with Gasteiger partial charge in [-0.2, -0.15) is 0 Å². The number of aromatic nitrogens is 1. The van der Waals surface area contributed by atoms with Crippen molar-refractivity contribution in [2.75, 3.05) is 39.5 Å². The van der Waals surface area contributed by atoms with Crippen molar-refractivity contribution in [3.63, 3.8) is 0 Å². The highest BCUT2D eigenvalue weighted by Gasteiger charge is 2.14. The van der Waals surface area contributed by atoms with E-state index in [0.717, 1.165) is 64.5 Å². The molecular weight excluding hydrogens is 443 g/mol. The maximum absolute atomic E-state index is 5.67. The predicted octanol–water partition coefficient (Wildman–Crippen LogP) is 2.69. The van der Waals surface area contributed by atoms with Gasteiger partial charge in [-0.05, 0) is 56.7 Å². The number of pyridine rings is 1. The molecule has 1 fully saturated rings. The van der Waals surface area contributed by atoms with Crippen LogP contribution in [0.3, 0.4) is 0 Å². The Balaban J connectivity index is 0.00000338. The fourth-order valence-corrected chi connectivity index (χ4v) is 2.79. The fourth-order valence-electron chi connectivity index (χ4n) is 2.79. The van der Waals surface area contributed by atoms with Gasteiger partial charge in [-0.3, -0.25) is 9.98 Å². The number of nitrogens with one attached hydrogen (secondary N) is 2. The van der Waals surface area contributed by atoms with Gasteiger partial charge in [0.25, 0.3) is 0 Å². The molecule has 2 N–H and O–H groups in total. The van der Waals surface area contributed by atoms with Gasteiger partial charge in [0.15, 0.2) is 5.96 Å². The first-order valence-corrected chi connectivity index (χ1v) is 9.40. The number of aryl methyl sites for hydroxylation is 1. The van der Waals surface area contributed by atoms with Crippen LogP contribution in [-0.4, -0.2) is 56.5 Å². The average Bonchev–Trinajstić information content (AvgIpc) is 3.13. The molecule has 0 saturated carbocycles. The molecule has 1 aromatic rings. The molecule has 1 saturated heterocycles. The molecule has 0 radical (unpaired) electrons. The molecule has 1 aromatic heterocycles. The van der Waals surface area contributed by atoms with Crippen molar-refractivity contribution in [3.05, 3.63) is 29.6 Å². The molecule has 1 aliphatic heterocycles. The normalized spacial score (nSPS) is 17.0. The van der Waals surface area contributed by atoms with Gasteiger partial charge < -0.3 is 20.1 Å². The largest absolute Gasteiger partial charge is 0.379 e. The quantitative estimate of drug-likeness (QED) is 0.235. The predicted molar refractivity (Wildman–Crippen MR) is 116 cm³/mol. The minimum atomic E-state index is 0. The molecule has 148 valence electrons. The summed E-state index contributed by atoms with van der Waals surface area (Å²) in [5.74, 6) is 0.869. The van der Waals surface area contributed by atoms with E-state index in [2.05, 4.69) is 40.5 Å². The van der Waals surface area contributed by atoms with E-state index in [0.29, 0.717) is 12.7 Å². The first kappa shape index (κ1) is 23.1. The minimum absolute atomic E-state index is 0. The summed E-state index contributed by atoms with van der Waals surface area (Å²) in [6, 6.07) is 2.08. The van der Waals surface area contributed by atoms with Crippen LogP contribution in [0.25, 0.3) is 0 Å². The number of ether oxygens (including phenoxy) is 2. The van der Waals surface area contributed by atoms with Crippen LogP contribution in [0.2, 0.25) is 0 Å². The molecule has 1 atom stereocenters. The van der Waals surface area contributed by atoms with Crippen LogP contribution in [0.5, 0.6) is 0 Å². The molecular formula is C19H33IN4O2. The highest BCUT2D eigenvalue weighted by Crippen LogP contribution is 2.11. The molecule has 0 amide bonds. The van der Waals surface area contributed by atoms with Gasteiger partial charge in [0.1, 0.15) is 0 Å². The van der Waals surface area contributed by atoms with Gasteiger partial charge in [-0.15, -0.1) is 24.0 Å². The summed E-state index contributed by atoms with van der Waals surface area (Å²) in [7, 11) is 0. The van der Waals surface area contributed by atoms with Crippen LogP contribution in [0.15, 0.2) is 23.5 Å². The number of halogens is 1. The summed E-state index contributed by atoms with van der Waals surface area (Å²) in [6.07, 6.45) is 8.23. The molecule has 7 heteroatoms. The fraction of sp³-hybridized carbons (Fsp3) is 0.684. The summed E-state index contributed by atoms with van der Waals surface area (Å²) in [5, 5.41) is 6.67. The number of aliphatic imine (C=N–C) groups is 1. The van der Waals surface area contributed by atoms with Crippen molar-refractivity contribution in [1.29, 1.82) is 0 Å². The number of guanidine groups is 1. The van der Waals surface area contributed by atoms with Gasteiger partial charge in [0.05, 0.1) is 12.7 Å². The molecule has 0 bridgehead atoms. The van der Waals surface area contributed by atoms with Gasteiger partial charge in [0, 0.05) is 45.2 Å². The molecule has 1 unspecified atom stereocenters. The lowest BCUT2D eigenvalue weighted by Gasteiger charge is -2.12. The zero-order valence-corrected chi connectivity index (χ0v) is 18.3. The highest BCUT2D eigenvalue weighted by molar-refractivity contribution is 14.0. The Morgan fingerprint density at radius 2 is 2.31 bits per heavy atom. The van der Waals surface area contributed by atoms with Crippen molar-refractivity contribution < 1.29 is 9.47 Å². The van der Waals surface area contributed by atoms with Crippen LogP contribution in [-0.2, 0) is 15.9 Å². The molecule has 26 heavy (non-hydrogen) atoms. The topological polar surface area (TPSA) is 67.8 Å². The number of rotatable bonds is 10. The van der Waals surface area contributed by atoms with Crippen molar-refractivity contribution in [2.45, 2.75) is 45.6 Å². The second-order valence-electron chi connectivity index (χ2n) is 6.30. The number of nitrogens with zero attached hydrogens (tertiary/aromatic N) is 2. The Bertz CT molecular complexity index is 522. The number of hydrogen-bond donors (Lipinski definition) is 2. The van der Waals surface area contributed by atoms with Crippen molar-refractivity contribution in [2.24, 2.45) is 4.99 Å². The maximum atomic E-state index is 5.67. The van der Waals surface area contributed by atoms with E-state index in [1.54, 1.807) is 0 Å². The van der Waals surface area contributed by atoms with Crippen LogP contribution in [0.4, 0.5) is 0 Å². The average molecular weight is 476 g/mol. The summed E-state index contributed by atoms with van der Waals surface area (Å²) >= 11 is 0. The van der Waals surface area contributed by atoms with Crippen LogP contribution >= 0.6 is 24.0 Å². The van der Waals surface area contributed by atoms with Crippen LogP contribution in [0.1, 0.15) is 37.3 Å². The summed E-state index contributed by atoms with van der Waals surface area (Å²) in [5.41, 5.74) is 2.55. The van der Waals surface area contributed by atoms with E-state index in [9.17, 15) is 0 Å². The lowest BCUT2D eigenvalue weighted by atomic mass is 10.1. The van der Waals surface area contributed by atoms with E-state index in [-0.39, 0.29) is 24.0 Å². The van der Waals surface area contributed by atoms with Gasteiger partial charge in [-0.25, -0.2) is 0 Å². The third-order valence-corrected chi connectivity index (χ3v) is 4.21. The third-order valence-electron chi connectivity index (χ3n) is 4.21. The first-order chi connectivity index (χ1) is 12.3. The zero-order chi connectivity index (χ0) is 17.7. The first-order valence-electron chi connectivity index (χ1n) is 9.40. The Hall–Kier alpha value is -0.930. The second kappa shape index (κ2) is 14.2.